The first-order valence-electron chi connectivity index (χ1n) is 11.6. The molecule has 0 saturated heterocycles. The molecule has 4 aromatic rings. The lowest BCUT2D eigenvalue weighted by Crippen LogP contribution is -2.45. The van der Waals surface area contributed by atoms with E-state index in [4.69, 9.17) is 0 Å². The summed E-state index contributed by atoms with van der Waals surface area (Å²) in [6, 6.07) is 13.6. The first-order valence-corrected chi connectivity index (χ1v) is 13.0. The number of anilines is 1. The van der Waals surface area contributed by atoms with Crippen LogP contribution in [0.3, 0.4) is 0 Å². The van der Waals surface area contributed by atoms with E-state index in [0.717, 1.165) is 5.56 Å². The Labute approximate surface area is 209 Å². The fraction of sp³-hybridized carbons (Fsp3) is 0.269. The number of amides is 1. The smallest absolute Gasteiger partial charge is 0.305 e. The van der Waals surface area contributed by atoms with Crippen LogP contribution in [0.2, 0.25) is 0 Å². The molecule has 0 aliphatic carbocycles. The molecule has 0 unspecified atom stereocenters. The lowest BCUT2D eigenvalue weighted by atomic mass is 10.1. The normalized spacial score (nSPS) is 11.8. The first kappa shape index (κ1) is 25.2. The highest BCUT2D eigenvalue weighted by Crippen LogP contribution is 2.28. The van der Waals surface area contributed by atoms with Gasteiger partial charge in [-0.15, -0.1) is 0 Å². The molecule has 1 amide bonds. The van der Waals surface area contributed by atoms with Gasteiger partial charge in [0.15, 0.2) is 5.69 Å². The monoisotopic (exact) mass is 508 g/mol. The number of benzene rings is 2. The van der Waals surface area contributed by atoms with Gasteiger partial charge in [-0.1, -0.05) is 49.7 Å². The summed E-state index contributed by atoms with van der Waals surface area (Å²) in [7, 11) is -3.91. The number of hydrogen-bond donors (Lipinski definition) is 2. The second-order valence-corrected chi connectivity index (χ2v) is 11.1. The Balaban J connectivity index is 1.88. The van der Waals surface area contributed by atoms with Gasteiger partial charge in [-0.3, -0.25) is 4.79 Å². The standard InChI is InChI=1S/C26H28N4O5S/c1-16(2)13-24-26(32)28-22(25(30(24)33)27-18(4)31)14-19-15-29(23-8-6-5-7-21(19)23)36(34,35)20-11-9-17(3)10-12-20/h5-12,15-16H,13-14H2,1-4H3,(H,27,31)(H,28,32). The van der Waals surface area contributed by atoms with E-state index in [9.17, 15) is 23.2 Å². The average Bonchev–Trinajstić information content (AvgIpc) is 3.18. The first-order chi connectivity index (χ1) is 17.0. The van der Waals surface area contributed by atoms with Crippen LogP contribution in [0.4, 0.5) is 5.82 Å². The molecule has 2 N–H and O–H groups in total. The molecule has 188 valence electrons. The third-order valence-corrected chi connectivity index (χ3v) is 7.55. The summed E-state index contributed by atoms with van der Waals surface area (Å²) >= 11 is 0. The number of H-pyrrole nitrogens is 1. The van der Waals surface area contributed by atoms with Crippen LogP contribution in [0, 0.1) is 18.0 Å². The second kappa shape index (κ2) is 9.62. The van der Waals surface area contributed by atoms with E-state index in [1.54, 1.807) is 48.5 Å². The van der Waals surface area contributed by atoms with Crippen molar-refractivity contribution in [1.82, 2.24) is 8.96 Å². The van der Waals surface area contributed by atoms with Crippen molar-refractivity contribution in [3.8, 4) is 0 Å². The predicted molar refractivity (Wildman–Crippen MR) is 137 cm³/mol. The Hall–Kier alpha value is -3.92. The number of rotatable bonds is 7. The zero-order valence-corrected chi connectivity index (χ0v) is 21.3. The van der Waals surface area contributed by atoms with Crippen LogP contribution >= 0.6 is 0 Å². The number of carbonyl (C=O) groups is 1. The molecule has 0 aliphatic heterocycles. The van der Waals surface area contributed by atoms with Crippen molar-refractivity contribution in [3.63, 3.8) is 0 Å². The minimum atomic E-state index is -3.91. The maximum absolute atomic E-state index is 13.5. The summed E-state index contributed by atoms with van der Waals surface area (Å²) in [6.45, 7) is 6.92. The van der Waals surface area contributed by atoms with Crippen LogP contribution in [0.1, 0.15) is 43.3 Å². The Bertz CT molecular complexity index is 1620. The molecule has 36 heavy (non-hydrogen) atoms. The van der Waals surface area contributed by atoms with Crippen LogP contribution in [-0.4, -0.2) is 23.3 Å². The van der Waals surface area contributed by atoms with E-state index in [-0.39, 0.29) is 40.9 Å². The van der Waals surface area contributed by atoms with Crippen LogP contribution in [0.25, 0.3) is 10.9 Å². The maximum Gasteiger partial charge on any atom is 0.305 e. The molecule has 2 heterocycles. The van der Waals surface area contributed by atoms with Crippen LogP contribution in [0.5, 0.6) is 0 Å². The van der Waals surface area contributed by atoms with Crippen molar-refractivity contribution >= 4 is 32.7 Å². The topological polar surface area (TPSA) is 128 Å². The van der Waals surface area contributed by atoms with Gasteiger partial charge < -0.3 is 10.2 Å². The molecule has 0 spiro atoms. The second-order valence-electron chi connectivity index (χ2n) is 9.26. The fourth-order valence-electron chi connectivity index (χ4n) is 4.17. The zero-order valence-electron chi connectivity index (χ0n) is 20.5. The largest absolute Gasteiger partial charge is 0.710 e. The molecule has 0 aliphatic rings. The van der Waals surface area contributed by atoms with Gasteiger partial charge >= 0.3 is 11.7 Å². The Kier molecular flexibility index (Phi) is 6.73. The number of nitrogens with one attached hydrogen (secondary N) is 2. The molecule has 9 nitrogen and oxygen atoms in total. The lowest BCUT2D eigenvalue weighted by molar-refractivity contribution is -0.601. The fourth-order valence-corrected chi connectivity index (χ4v) is 5.56. The highest BCUT2D eigenvalue weighted by Gasteiger charge is 2.25. The highest BCUT2D eigenvalue weighted by atomic mass is 32.2. The van der Waals surface area contributed by atoms with E-state index in [2.05, 4.69) is 10.3 Å². The van der Waals surface area contributed by atoms with Gasteiger partial charge in [0, 0.05) is 31.3 Å². The Morgan fingerprint density at radius 1 is 1.14 bits per heavy atom. The lowest BCUT2D eigenvalue weighted by Gasteiger charge is -2.16. The quantitative estimate of drug-likeness (QED) is 0.293. The minimum absolute atomic E-state index is 0.00174. The number of aromatic nitrogens is 3. The van der Waals surface area contributed by atoms with Gasteiger partial charge in [0.2, 0.25) is 0 Å². The van der Waals surface area contributed by atoms with Gasteiger partial charge in [-0.05, 0) is 36.6 Å². The number of fused-ring (bicyclic) bond motifs is 1. The average molecular weight is 509 g/mol. The number of aryl methyl sites for hydroxylation is 1. The van der Waals surface area contributed by atoms with E-state index >= 15 is 0 Å². The molecule has 0 fully saturated rings. The minimum Gasteiger partial charge on any atom is -0.710 e. The highest BCUT2D eigenvalue weighted by molar-refractivity contribution is 7.90. The molecule has 2 aromatic heterocycles. The van der Waals surface area contributed by atoms with Gasteiger partial charge in [0.1, 0.15) is 5.69 Å². The zero-order chi connectivity index (χ0) is 26.2. The van der Waals surface area contributed by atoms with Crippen LogP contribution in [0.15, 0.2) is 64.4 Å². The third kappa shape index (κ3) is 4.76. The van der Waals surface area contributed by atoms with Crippen molar-refractivity contribution in [2.24, 2.45) is 5.92 Å². The molecule has 0 saturated carbocycles. The SMILES string of the molecule is CC(=O)Nc1c(Cc2cn(S(=O)(=O)c3ccc(C)cc3)c3ccccc23)[nH]c(=O)c(CC(C)C)[n+]1[O-]. The van der Waals surface area contributed by atoms with Gasteiger partial charge in [-0.2, -0.15) is 0 Å². The van der Waals surface area contributed by atoms with Crippen molar-refractivity contribution < 1.29 is 17.9 Å². The van der Waals surface area contributed by atoms with Crippen LogP contribution < -0.4 is 15.6 Å². The number of para-hydroxylation sites is 1. The molecule has 2 aromatic carbocycles. The predicted octanol–water partition coefficient (Wildman–Crippen LogP) is 3.26. The molecular formula is C26H28N4O5S. The van der Waals surface area contributed by atoms with Gasteiger partial charge in [0.25, 0.3) is 15.6 Å². The summed E-state index contributed by atoms with van der Waals surface area (Å²) < 4.78 is 28.6. The van der Waals surface area contributed by atoms with E-state index in [1.807, 2.05) is 20.8 Å². The number of aromatic amines is 1. The van der Waals surface area contributed by atoms with Crippen molar-refractivity contribution in [2.75, 3.05) is 5.32 Å². The number of nitrogens with zero attached hydrogens (tertiary/aromatic N) is 2. The van der Waals surface area contributed by atoms with Crippen molar-refractivity contribution in [1.29, 1.82) is 0 Å². The molecule has 0 bridgehead atoms. The van der Waals surface area contributed by atoms with E-state index in [0.29, 0.717) is 21.2 Å². The third-order valence-electron chi connectivity index (χ3n) is 5.86. The molecule has 0 radical (unpaired) electrons. The van der Waals surface area contributed by atoms with E-state index < -0.39 is 21.5 Å². The van der Waals surface area contributed by atoms with Crippen molar-refractivity contribution in [3.05, 3.63) is 92.8 Å². The number of hydrogen-bond acceptors (Lipinski definition) is 5. The summed E-state index contributed by atoms with van der Waals surface area (Å²) in [5, 5.41) is 16.3. The molecular weight excluding hydrogens is 480 g/mol. The summed E-state index contributed by atoms with van der Waals surface area (Å²) in [5.74, 6) is -0.490. The van der Waals surface area contributed by atoms with Gasteiger partial charge in [-0.25, -0.2) is 27.2 Å². The maximum atomic E-state index is 13.5. The summed E-state index contributed by atoms with van der Waals surface area (Å²) in [4.78, 5) is 27.5. The van der Waals surface area contributed by atoms with Crippen molar-refractivity contribution in [2.45, 2.75) is 45.4 Å². The Morgan fingerprint density at radius 2 is 1.81 bits per heavy atom. The summed E-state index contributed by atoms with van der Waals surface area (Å²) in [6.07, 6.45) is 1.75. The molecule has 0 atom stereocenters. The molecule has 10 heteroatoms. The number of carbonyl (C=O) groups excluding carboxylic acids is 1. The summed E-state index contributed by atoms with van der Waals surface area (Å²) in [5.41, 5.74) is 1.62. The van der Waals surface area contributed by atoms with E-state index in [1.165, 1.54) is 17.1 Å². The van der Waals surface area contributed by atoms with Crippen LogP contribution in [-0.2, 0) is 27.7 Å². The van der Waals surface area contributed by atoms with Gasteiger partial charge in [0.05, 0.1) is 10.4 Å². The molecule has 4 rings (SSSR count). The Morgan fingerprint density at radius 3 is 2.44 bits per heavy atom.